The Kier molecular flexibility index (Phi) is 4.77. The molecular weight excluding hydrogens is 304 g/mol. The van der Waals surface area contributed by atoms with Gasteiger partial charge in [-0.25, -0.2) is 0 Å². The zero-order valence-corrected chi connectivity index (χ0v) is 13.3. The van der Waals surface area contributed by atoms with Gasteiger partial charge in [0.25, 0.3) is 5.91 Å². The third-order valence-electron chi connectivity index (χ3n) is 3.97. The van der Waals surface area contributed by atoms with Gasteiger partial charge in [0, 0.05) is 48.7 Å². The van der Waals surface area contributed by atoms with Crippen LogP contribution in [-0.2, 0) is 0 Å². The van der Waals surface area contributed by atoms with E-state index in [9.17, 15) is 9.59 Å². The molecule has 0 bridgehead atoms. The second-order valence-electron chi connectivity index (χ2n) is 5.69. The normalized spacial score (nSPS) is 14.2. The Labute approximate surface area is 140 Å². The van der Waals surface area contributed by atoms with Crippen LogP contribution >= 0.6 is 0 Å². The summed E-state index contributed by atoms with van der Waals surface area (Å²) in [5.74, 6) is -0.408. The summed E-state index contributed by atoms with van der Waals surface area (Å²) in [7, 11) is 0. The molecule has 24 heavy (non-hydrogen) atoms. The van der Waals surface area contributed by atoms with Gasteiger partial charge in [-0.2, -0.15) is 0 Å². The van der Waals surface area contributed by atoms with Gasteiger partial charge < -0.3 is 21.3 Å². The van der Waals surface area contributed by atoms with E-state index in [2.05, 4.69) is 10.6 Å². The van der Waals surface area contributed by atoms with E-state index in [4.69, 9.17) is 5.73 Å². The smallest absolute Gasteiger partial charge is 0.254 e. The van der Waals surface area contributed by atoms with Crippen molar-refractivity contribution in [3.63, 3.8) is 0 Å². The van der Waals surface area contributed by atoms with E-state index in [-0.39, 0.29) is 5.91 Å². The van der Waals surface area contributed by atoms with Crippen LogP contribution in [0.3, 0.4) is 0 Å². The van der Waals surface area contributed by atoms with Crippen molar-refractivity contribution in [3.8, 4) is 0 Å². The standard InChI is InChI=1S/C18H20N4O2/c19-17(23)13-4-6-15(7-5-13)21-16-3-1-2-14(12-16)18(24)22-10-8-20-9-11-22/h1-7,12,20-21H,8-11H2,(H2,19,23). The zero-order valence-electron chi connectivity index (χ0n) is 13.3. The number of nitrogens with two attached hydrogens (primary N) is 1. The number of primary amides is 1. The number of nitrogens with zero attached hydrogens (tertiary/aromatic N) is 1. The van der Waals surface area contributed by atoms with Crippen LogP contribution in [0.2, 0.25) is 0 Å². The summed E-state index contributed by atoms with van der Waals surface area (Å²) in [6.07, 6.45) is 0. The molecule has 2 amide bonds. The zero-order chi connectivity index (χ0) is 16.9. The van der Waals surface area contributed by atoms with Gasteiger partial charge in [0.05, 0.1) is 0 Å². The third-order valence-corrected chi connectivity index (χ3v) is 3.97. The van der Waals surface area contributed by atoms with E-state index < -0.39 is 5.91 Å². The van der Waals surface area contributed by atoms with Crippen LogP contribution in [0, 0.1) is 0 Å². The summed E-state index contributed by atoms with van der Waals surface area (Å²) < 4.78 is 0. The summed E-state index contributed by atoms with van der Waals surface area (Å²) in [5, 5.41) is 6.47. The van der Waals surface area contributed by atoms with Crippen molar-refractivity contribution in [2.45, 2.75) is 0 Å². The van der Waals surface area contributed by atoms with Crippen LogP contribution in [0.25, 0.3) is 0 Å². The fourth-order valence-electron chi connectivity index (χ4n) is 2.66. The van der Waals surface area contributed by atoms with Gasteiger partial charge in [0.1, 0.15) is 0 Å². The second-order valence-corrected chi connectivity index (χ2v) is 5.69. The van der Waals surface area contributed by atoms with E-state index in [0.29, 0.717) is 11.1 Å². The lowest BCUT2D eigenvalue weighted by molar-refractivity contribution is 0.0735. The maximum Gasteiger partial charge on any atom is 0.254 e. The molecular formula is C18H20N4O2. The highest BCUT2D eigenvalue weighted by Gasteiger charge is 2.17. The van der Waals surface area contributed by atoms with E-state index >= 15 is 0 Å². The van der Waals surface area contributed by atoms with Gasteiger partial charge in [-0.1, -0.05) is 6.07 Å². The van der Waals surface area contributed by atoms with Gasteiger partial charge >= 0.3 is 0 Å². The fourth-order valence-corrected chi connectivity index (χ4v) is 2.66. The van der Waals surface area contributed by atoms with E-state index in [1.165, 1.54) is 0 Å². The summed E-state index contributed by atoms with van der Waals surface area (Å²) in [6, 6.07) is 14.3. The SMILES string of the molecule is NC(=O)c1ccc(Nc2cccc(C(=O)N3CCNCC3)c2)cc1. The first-order chi connectivity index (χ1) is 11.6. The average Bonchev–Trinajstić information content (AvgIpc) is 2.62. The Morgan fingerprint density at radius 1 is 0.958 bits per heavy atom. The first kappa shape index (κ1) is 16.0. The Morgan fingerprint density at radius 3 is 2.33 bits per heavy atom. The molecule has 1 heterocycles. The minimum absolute atomic E-state index is 0.0456. The minimum Gasteiger partial charge on any atom is -0.366 e. The molecule has 0 atom stereocenters. The second kappa shape index (κ2) is 7.14. The molecule has 2 aromatic carbocycles. The van der Waals surface area contributed by atoms with E-state index in [1.54, 1.807) is 24.3 Å². The van der Waals surface area contributed by atoms with Crippen molar-refractivity contribution in [2.75, 3.05) is 31.5 Å². The van der Waals surface area contributed by atoms with Crippen molar-refractivity contribution in [2.24, 2.45) is 5.73 Å². The van der Waals surface area contributed by atoms with Crippen molar-refractivity contribution >= 4 is 23.2 Å². The number of carbonyl (C=O) groups is 2. The lowest BCUT2D eigenvalue weighted by Crippen LogP contribution is -2.46. The molecule has 0 saturated carbocycles. The molecule has 1 saturated heterocycles. The summed E-state index contributed by atoms with van der Waals surface area (Å²) >= 11 is 0. The molecule has 4 N–H and O–H groups in total. The number of hydrogen-bond acceptors (Lipinski definition) is 4. The lowest BCUT2D eigenvalue weighted by atomic mass is 10.1. The third kappa shape index (κ3) is 3.72. The van der Waals surface area contributed by atoms with E-state index in [1.807, 2.05) is 29.2 Å². The minimum atomic E-state index is -0.454. The topological polar surface area (TPSA) is 87.5 Å². The molecule has 0 radical (unpaired) electrons. The molecule has 2 aromatic rings. The highest BCUT2D eigenvalue weighted by molar-refractivity contribution is 5.95. The maximum absolute atomic E-state index is 12.5. The van der Waals surface area contributed by atoms with Crippen LogP contribution in [0.15, 0.2) is 48.5 Å². The quantitative estimate of drug-likeness (QED) is 0.797. The Bertz CT molecular complexity index is 737. The van der Waals surface area contributed by atoms with Gasteiger partial charge in [-0.05, 0) is 42.5 Å². The molecule has 1 aliphatic heterocycles. The molecule has 3 rings (SSSR count). The Balaban J connectivity index is 1.72. The van der Waals surface area contributed by atoms with Crippen molar-refractivity contribution in [3.05, 3.63) is 59.7 Å². The number of anilines is 2. The van der Waals surface area contributed by atoms with Crippen LogP contribution in [-0.4, -0.2) is 42.9 Å². The van der Waals surface area contributed by atoms with Crippen molar-refractivity contribution < 1.29 is 9.59 Å². The number of carbonyl (C=O) groups excluding carboxylic acids is 2. The molecule has 124 valence electrons. The number of benzene rings is 2. The molecule has 1 aliphatic rings. The predicted molar refractivity (Wildman–Crippen MR) is 93.5 cm³/mol. The van der Waals surface area contributed by atoms with Crippen LogP contribution in [0.4, 0.5) is 11.4 Å². The van der Waals surface area contributed by atoms with Gasteiger partial charge in [-0.3, -0.25) is 9.59 Å². The monoisotopic (exact) mass is 324 g/mol. The highest BCUT2D eigenvalue weighted by Crippen LogP contribution is 2.19. The highest BCUT2D eigenvalue weighted by atomic mass is 16.2. The van der Waals surface area contributed by atoms with Gasteiger partial charge in [-0.15, -0.1) is 0 Å². The predicted octanol–water partition coefficient (Wildman–Crippen LogP) is 1.57. The number of nitrogens with one attached hydrogen (secondary N) is 2. The number of piperazine rings is 1. The molecule has 0 aromatic heterocycles. The summed E-state index contributed by atoms with van der Waals surface area (Å²) in [4.78, 5) is 25.5. The number of amides is 2. The van der Waals surface area contributed by atoms with Crippen molar-refractivity contribution in [1.29, 1.82) is 0 Å². The van der Waals surface area contributed by atoms with Crippen LogP contribution in [0.1, 0.15) is 20.7 Å². The molecule has 6 nitrogen and oxygen atoms in total. The first-order valence-corrected chi connectivity index (χ1v) is 7.90. The summed E-state index contributed by atoms with van der Waals surface area (Å²) in [5.41, 5.74) is 8.01. The molecule has 6 heteroatoms. The van der Waals surface area contributed by atoms with E-state index in [0.717, 1.165) is 37.6 Å². The molecule has 1 fully saturated rings. The summed E-state index contributed by atoms with van der Waals surface area (Å²) in [6.45, 7) is 3.11. The first-order valence-electron chi connectivity index (χ1n) is 7.90. The number of hydrogen-bond donors (Lipinski definition) is 3. The average molecular weight is 324 g/mol. The van der Waals surface area contributed by atoms with Crippen LogP contribution < -0.4 is 16.4 Å². The largest absolute Gasteiger partial charge is 0.366 e. The molecule has 0 spiro atoms. The Morgan fingerprint density at radius 2 is 1.67 bits per heavy atom. The molecule has 0 aliphatic carbocycles. The van der Waals surface area contributed by atoms with Gasteiger partial charge in [0.2, 0.25) is 5.91 Å². The number of rotatable bonds is 4. The van der Waals surface area contributed by atoms with Crippen LogP contribution in [0.5, 0.6) is 0 Å². The Hall–Kier alpha value is -2.86. The van der Waals surface area contributed by atoms with Crippen molar-refractivity contribution in [1.82, 2.24) is 10.2 Å². The lowest BCUT2D eigenvalue weighted by Gasteiger charge is -2.27. The maximum atomic E-state index is 12.5. The van der Waals surface area contributed by atoms with Gasteiger partial charge in [0.15, 0.2) is 0 Å². The molecule has 0 unspecified atom stereocenters. The fraction of sp³-hybridized carbons (Fsp3) is 0.222.